The summed E-state index contributed by atoms with van der Waals surface area (Å²) in [5.74, 6) is 0.0555. The van der Waals surface area contributed by atoms with Gasteiger partial charge in [0.25, 0.3) is 5.91 Å². The molecule has 3 nitrogen and oxygen atoms in total. The number of hydrogen-bond acceptors (Lipinski definition) is 2. The second-order valence-electron chi connectivity index (χ2n) is 4.62. The van der Waals surface area contributed by atoms with Gasteiger partial charge in [-0.05, 0) is 43.5 Å². The fourth-order valence-electron chi connectivity index (χ4n) is 2.15. The summed E-state index contributed by atoms with van der Waals surface area (Å²) in [7, 11) is 0. The average molecular weight is 289 g/mol. The molecular weight excluding hydrogens is 271 g/mol. The molecule has 0 bridgehead atoms. The van der Waals surface area contributed by atoms with Gasteiger partial charge in [0, 0.05) is 29.7 Å². The third-order valence-electron chi connectivity index (χ3n) is 3.15. The molecule has 1 aliphatic heterocycles. The van der Waals surface area contributed by atoms with Crippen LogP contribution < -0.4 is 5.73 Å². The molecule has 1 aromatic carbocycles. The molecule has 0 spiro atoms. The summed E-state index contributed by atoms with van der Waals surface area (Å²) in [6.07, 6.45) is 1.99. The monoisotopic (exact) mass is 288 g/mol. The predicted octanol–water partition coefficient (Wildman–Crippen LogP) is 2.63. The van der Waals surface area contributed by atoms with E-state index >= 15 is 0 Å². The van der Waals surface area contributed by atoms with Crippen LogP contribution in [0.25, 0.3) is 0 Å². The zero-order valence-corrected chi connectivity index (χ0v) is 11.9. The molecule has 0 aliphatic carbocycles. The molecule has 0 aromatic heterocycles. The van der Waals surface area contributed by atoms with Gasteiger partial charge in [-0.25, -0.2) is 0 Å². The van der Waals surface area contributed by atoms with Crippen molar-refractivity contribution >= 4 is 29.9 Å². The van der Waals surface area contributed by atoms with E-state index in [4.69, 9.17) is 17.3 Å². The number of likely N-dealkylation sites (tertiary alicyclic amines) is 1. The fourth-order valence-corrected chi connectivity index (χ4v) is 2.27. The summed E-state index contributed by atoms with van der Waals surface area (Å²) >= 11 is 5.95. The maximum Gasteiger partial charge on any atom is 0.253 e. The smallest absolute Gasteiger partial charge is 0.253 e. The van der Waals surface area contributed by atoms with E-state index in [2.05, 4.69) is 0 Å². The minimum atomic E-state index is 0. The van der Waals surface area contributed by atoms with Crippen LogP contribution in [0.15, 0.2) is 18.2 Å². The number of carbonyl (C=O) groups is 1. The second-order valence-corrected chi connectivity index (χ2v) is 5.02. The van der Waals surface area contributed by atoms with Gasteiger partial charge >= 0.3 is 0 Å². The van der Waals surface area contributed by atoms with Crippen molar-refractivity contribution in [1.82, 2.24) is 4.90 Å². The van der Waals surface area contributed by atoms with E-state index in [1.165, 1.54) is 0 Å². The SMILES string of the molecule is Cc1cc(C(=O)N2CCCC(N)C2)ccc1Cl.Cl. The Morgan fingerprint density at radius 3 is 2.83 bits per heavy atom. The highest BCUT2D eigenvalue weighted by Gasteiger charge is 2.22. The summed E-state index contributed by atoms with van der Waals surface area (Å²) in [5, 5.41) is 0.692. The molecule has 1 amide bonds. The van der Waals surface area contributed by atoms with Crippen LogP contribution in [0.3, 0.4) is 0 Å². The molecule has 1 saturated heterocycles. The van der Waals surface area contributed by atoms with Gasteiger partial charge in [-0.15, -0.1) is 12.4 Å². The lowest BCUT2D eigenvalue weighted by molar-refractivity contribution is 0.0708. The van der Waals surface area contributed by atoms with Crippen molar-refractivity contribution in [3.8, 4) is 0 Å². The average Bonchev–Trinajstić information content (AvgIpc) is 2.32. The quantitative estimate of drug-likeness (QED) is 0.864. The number of rotatable bonds is 1. The molecule has 0 saturated carbocycles. The molecule has 5 heteroatoms. The first kappa shape index (κ1) is 15.3. The van der Waals surface area contributed by atoms with E-state index < -0.39 is 0 Å². The van der Waals surface area contributed by atoms with Crippen molar-refractivity contribution in [2.24, 2.45) is 5.73 Å². The Balaban J connectivity index is 0.00000162. The van der Waals surface area contributed by atoms with E-state index in [0.717, 1.165) is 24.9 Å². The first-order valence-electron chi connectivity index (χ1n) is 5.89. The molecule has 0 radical (unpaired) electrons. The number of benzene rings is 1. The first-order valence-corrected chi connectivity index (χ1v) is 6.26. The summed E-state index contributed by atoms with van der Waals surface area (Å²) in [5.41, 5.74) is 7.50. The standard InChI is InChI=1S/C13H17ClN2O.ClH/c1-9-7-10(4-5-12(9)14)13(17)16-6-2-3-11(15)8-16;/h4-5,7,11H,2-3,6,8,15H2,1H3;1H. The van der Waals surface area contributed by atoms with Crippen LogP contribution in [-0.4, -0.2) is 29.9 Å². The number of amides is 1. The van der Waals surface area contributed by atoms with Crippen LogP contribution in [-0.2, 0) is 0 Å². The Labute approximate surface area is 119 Å². The number of hydrogen-bond donors (Lipinski definition) is 1. The van der Waals surface area contributed by atoms with Gasteiger partial charge in [0.05, 0.1) is 0 Å². The van der Waals surface area contributed by atoms with Crippen LogP contribution in [0.1, 0.15) is 28.8 Å². The van der Waals surface area contributed by atoms with Gasteiger partial charge in [-0.3, -0.25) is 4.79 Å². The lowest BCUT2D eigenvalue weighted by Crippen LogP contribution is -2.45. The normalized spacial score (nSPS) is 19.3. The van der Waals surface area contributed by atoms with Crippen molar-refractivity contribution in [3.63, 3.8) is 0 Å². The zero-order valence-electron chi connectivity index (χ0n) is 10.4. The molecule has 2 N–H and O–H groups in total. The highest BCUT2D eigenvalue weighted by Crippen LogP contribution is 2.19. The molecule has 1 atom stereocenters. The molecule has 18 heavy (non-hydrogen) atoms. The number of nitrogens with zero attached hydrogens (tertiary/aromatic N) is 1. The molecule has 1 unspecified atom stereocenters. The van der Waals surface area contributed by atoms with Crippen LogP contribution in [0.2, 0.25) is 5.02 Å². The van der Waals surface area contributed by atoms with Crippen LogP contribution in [0.5, 0.6) is 0 Å². The number of carbonyl (C=O) groups excluding carboxylic acids is 1. The number of halogens is 2. The molecule has 100 valence electrons. The van der Waals surface area contributed by atoms with Crippen molar-refractivity contribution in [2.75, 3.05) is 13.1 Å². The highest BCUT2D eigenvalue weighted by molar-refractivity contribution is 6.31. The largest absolute Gasteiger partial charge is 0.337 e. The van der Waals surface area contributed by atoms with Crippen molar-refractivity contribution in [1.29, 1.82) is 0 Å². The van der Waals surface area contributed by atoms with Crippen LogP contribution >= 0.6 is 24.0 Å². The van der Waals surface area contributed by atoms with Crippen molar-refractivity contribution in [3.05, 3.63) is 34.3 Å². The Hall–Kier alpha value is -0.770. The molecule has 1 aromatic rings. The van der Waals surface area contributed by atoms with Gasteiger partial charge in [0.15, 0.2) is 0 Å². The molecular formula is C13H18Cl2N2O. The Kier molecular flexibility index (Phi) is 5.45. The van der Waals surface area contributed by atoms with E-state index in [9.17, 15) is 4.79 Å². The van der Waals surface area contributed by atoms with Gasteiger partial charge in [-0.2, -0.15) is 0 Å². The van der Waals surface area contributed by atoms with Gasteiger partial charge in [-0.1, -0.05) is 11.6 Å². The number of nitrogens with two attached hydrogens (primary N) is 1. The van der Waals surface area contributed by atoms with E-state index in [1.807, 2.05) is 17.9 Å². The number of aryl methyl sites for hydroxylation is 1. The van der Waals surface area contributed by atoms with E-state index in [0.29, 0.717) is 17.1 Å². The first-order chi connectivity index (χ1) is 8.08. The van der Waals surface area contributed by atoms with E-state index in [-0.39, 0.29) is 24.4 Å². The zero-order chi connectivity index (χ0) is 12.4. The fraction of sp³-hybridized carbons (Fsp3) is 0.462. The maximum absolute atomic E-state index is 12.2. The van der Waals surface area contributed by atoms with Crippen molar-refractivity contribution < 1.29 is 4.79 Å². The minimum absolute atomic E-state index is 0. The third kappa shape index (κ3) is 3.37. The lowest BCUT2D eigenvalue weighted by Gasteiger charge is -2.30. The molecule has 1 heterocycles. The van der Waals surface area contributed by atoms with Crippen LogP contribution in [0.4, 0.5) is 0 Å². The Morgan fingerprint density at radius 1 is 1.50 bits per heavy atom. The van der Waals surface area contributed by atoms with Crippen molar-refractivity contribution in [2.45, 2.75) is 25.8 Å². The highest BCUT2D eigenvalue weighted by atomic mass is 35.5. The minimum Gasteiger partial charge on any atom is -0.337 e. The molecule has 2 rings (SSSR count). The summed E-state index contributed by atoms with van der Waals surface area (Å²) in [4.78, 5) is 14.1. The summed E-state index contributed by atoms with van der Waals surface area (Å²) in [6, 6.07) is 5.50. The topological polar surface area (TPSA) is 46.3 Å². The lowest BCUT2D eigenvalue weighted by atomic mass is 10.0. The predicted molar refractivity (Wildman–Crippen MR) is 76.5 cm³/mol. The number of piperidine rings is 1. The second kappa shape index (κ2) is 6.41. The third-order valence-corrected chi connectivity index (χ3v) is 3.57. The Morgan fingerprint density at radius 2 is 2.22 bits per heavy atom. The molecule has 1 fully saturated rings. The van der Waals surface area contributed by atoms with Crippen LogP contribution in [0, 0.1) is 6.92 Å². The Bertz CT molecular complexity index is 437. The van der Waals surface area contributed by atoms with E-state index in [1.54, 1.807) is 12.1 Å². The summed E-state index contributed by atoms with van der Waals surface area (Å²) in [6.45, 7) is 3.36. The summed E-state index contributed by atoms with van der Waals surface area (Å²) < 4.78 is 0. The van der Waals surface area contributed by atoms with Gasteiger partial charge in [0.1, 0.15) is 0 Å². The van der Waals surface area contributed by atoms with Gasteiger partial charge in [0.2, 0.25) is 0 Å². The maximum atomic E-state index is 12.2. The van der Waals surface area contributed by atoms with Gasteiger partial charge < -0.3 is 10.6 Å². The molecule has 1 aliphatic rings.